The zero-order valence-electron chi connectivity index (χ0n) is 8.36. The molecule has 5 heteroatoms. The highest BCUT2D eigenvalue weighted by molar-refractivity contribution is 7.09. The van der Waals surface area contributed by atoms with Crippen molar-refractivity contribution in [1.82, 2.24) is 4.98 Å². The molecular weight excluding hydrogens is 230 g/mol. The summed E-state index contributed by atoms with van der Waals surface area (Å²) in [4.78, 5) is 4.86. The van der Waals surface area contributed by atoms with Crippen molar-refractivity contribution in [2.24, 2.45) is 5.73 Å². The van der Waals surface area contributed by atoms with E-state index in [4.69, 9.17) is 5.73 Å². The van der Waals surface area contributed by atoms with Gasteiger partial charge in [-0.25, -0.2) is 8.78 Å². The topological polar surface area (TPSA) is 38.9 Å². The van der Waals surface area contributed by atoms with Crippen molar-refractivity contribution in [1.29, 1.82) is 0 Å². The van der Waals surface area contributed by atoms with Crippen molar-refractivity contribution in [3.8, 4) is 0 Å². The Bertz CT molecular complexity index is 471. The molecule has 0 spiro atoms. The number of halogens is 2. The van der Waals surface area contributed by atoms with Gasteiger partial charge in [-0.2, -0.15) is 0 Å². The van der Waals surface area contributed by atoms with Gasteiger partial charge in [0.1, 0.15) is 11.6 Å². The molecule has 0 aliphatic heterocycles. The van der Waals surface area contributed by atoms with Crippen LogP contribution in [0.5, 0.6) is 0 Å². The van der Waals surface area contributed by atoms with E-state index in [1.165, 1.54) is 11.3 Å². The van der Waals surface area contributed by atoms with Crippen molar-refractivity contribution >= 4 is 11.3 Å². The minimum Gasteiger partial charge on any atom is -0.324 e. The molecule has 2 rings (SSSR count). The van der Waals surface area contributed by atoms with E-state index in [1.54, 1.807) is 11.7 Å². The molecule has 0 saturated heterocycles. The van der Waals surface area contributed by atoms with Gasteiger partial charge in [0.05, 0.1) is 5.51 Å². The lowest BCUT2D eigenvalue weighted by Crippen LogP contribution is -2.14. The Labute approximate surface area is 95.7 Å². The third-order valence-electron chi connectivity index (χ3n) is 2.26. The summed E-state index contributed by atoms with van der Waals surface area (Å²) in [5.41, 5.74) is 7.71. The minimum atomic E-state index is -0.545. The Morgan fingerprint density at radius 1 is 1.38 bits per heavy atom. The average Bonchev–Trinajstić information content (AvgIpc) is 2.74. The highest BCUT2D eigenvalue weighted by Crippen LogP contribution is 2.21. The quantitative estimate of drug-likeness (QED) is 0.895. The number of aromatic nitrogens is 1. The number of hydrogen-bond donors (Lipinski definition) is 1. The molecule has 2 nitrogen and oxygen atoms in total. The van der Waals surface area contributed by atoms with Crippen LogP contribution < -0.4 is 5.73 Å². The van der Waals surface area contributed by atoms with Crippen molar-refractivity contribution in [3.05, 3.63) is 52.0 Å². The Morgan fingerprint density at radius 2 is 2.19 bits per heavy atom. The Morgan fingerprint density at radius 3 is 2.88 bits per heavy atom. The van der Waals surface area contributed by atoms with E-state index in [-0.39, 0.29) is 5.56 Å². The highest BCUT2D eigenvalue weighted by Gasteiger charge is 2.13. The van der Waals surface area contributed by atoms with E-state index in [1.807, 2.05) is 0 Å². The average molecular weight is 240 g/mol. The molecule has 0 fully saturated rings. The number of nitrogens with two attached hydrogens (primary N) is 1. The van der Waals surface area contributed by atoms with Gasteiger partial charge in [0.25, 0.3) is 0 Å². The molecular formula is C11H10F2N2S. The van der Waals surface area contributed by atoms with Crippen LogP contribution in [-0.2, 0) is 6.42 Å². The molecule has 0 amide bonds. The molecule has 84 valence electrons. The molecule has 1 heterocycles. The van der Waals surface area contributed by atoms with E-state index in [9.17, 15) is 8.78 Å². The summed E-state index contributed by atoms with van der Waals surface area (Å²) >= 11 is 1.45. The second kappa shape index (κ2) is 4.67. The number of rotatable bonds is 3. The fourth-order valence-corrected chi connectivity index (χ4v) is 2.12. The second-order valence-electron chi connectivity index (χ2n) is 3.44. The molecule has 0 aliphatic rings. The highest BCUT2D eigenvalue weighted by atomic mass is 32.1. The first-order valence-corrected chi connectivity index (χ1v) is 5.62. The zero-order valence-corrected chi connectivity index (χ0v) is 9.18. The molecule has 16 heavy (non-hydrogen) atoms. The third kappa shape index (κ3) is 2.43. The van der Waals surface area contributed by atoms with Crippen LogP contribution in [-0.4, -0.2) is 4.98 Å². The van der Waals surface area contributed by atoms with Crippen LogP contribution in [0, 0.1) is 11.6 Å². The van der Waals surface area contributed by atoms with Crippen molar-refractivity contribution in [2.75, 3.05) is 0 Å². The maximum atomic E-state index is 13.4. The van der Waals surface area contributed by atoms with E-state index in [0.29, 0.717) is 6.42 Å². The Hall–Kier alpha value is -1.33. The van der Waals surface area contributed by atoms with Gasteiger partial charge in [-0.3, -0.25) is 4.98 Å². The van der Waals surface area contributed by atoms with Gasteiger partial charge in [0, 0.05) is 29.1 Å². The third-order valence-corrected chi connectivity index (χ3v) is 3.06. The summed E-state index contributed by atoms with van der Waals surface area (Å²) in [6.45, 7) is 0. The van der Waals surface area contributed by atoms with Gasteiger partial charge in [0.2, 0.25) is 0 Å². The molecule has 1 aromatic carbocycles. The van der Waals surface area contributed by atoms with Crippen molar-refractivity contribution < 1.29 is 8.78 Å². The smallest absolute Gasteiger partial charge is 0.128 e. The number of hydrogen-bond acceptors (Lipinski definition) is 3. The Balaban J connectivity index is 2.20. The summed E-state index contributed by atoms with van der Waals surface area (Å²) in [7, 11) is 0. The zero-order chi connectivity index (χ0) is 11.5. The normalized spacial score (nSPS) is 12.7. The van der Waals surface area contributed by atoms with Crippen molar-refractivity contribution in [3.63, 3.8) is 0 Å². The van der Waals surface area contributed by atoms with E-state index in [2.05, 4.69) is 4.98 Å². The van der Waals surface area contributed by atoms with Gasteiger partial charge >= 0.3 is 0 Å². The number of nitrogens with zero attached hydrogens (tertiary/aromatic N) is 1. The molecule has 2 aromatic rings. The molecule has 0 aliphatic carbocycles. The molecule has 1 aromatic heterocycles. The van der Waals surface area contributed by atoms with Gasteiger partial charge in [0.15, 0.2) is 0 Å². The fraction of sp³-hybridized carbons (Fsp3) is 0.182. The van der Waals surface area contributed by atoms with E-state index in [0.717, 1.165) is 23.1 Å². The van der Waals surface area contributed by atoms with Gasteiger partial charge in [-0.05, 0) is 18.2 Å². The maximum absolute atomic E-state index is 13.4. The lowest BCUT2D eigenvalue weighted by atomic mass is 10.0. The van der Waals surface area contributed by atoms with E-state index < -0.39 is 17.7 Å². The first-order valence-electron chi connectivity index (χ1n) is 4.74. The van der Waals surface area contributed by atoms with Gasteiger partial charge in [-0.1, -0.05) is 0 Å². The van der Waals surface area contributed by atoms with Gasteiger partial charge in [-0.15, -0.1) is 11.3 Å². The lowest BCUT2D eigenvalue weighted by molar-refractivity contribution is 0.562. The van der Waals surface area contributed by atoms with Crippen LogP contribution >= 0.6 is 11.3 Å². The van der Waals surface area contributed by atoms with Crippen LogP contribution in [0.2, 0.25) is 0 Å². The van der Waals surface area contributed by atoms with Crippen molar-refractivity contribution in [2.45, 2.75) is 12.5 Å². The summed E-state index contributed by atoms with van der Waals surface area (Å²) in [6, 6.07) is 2.77. The van der Waals surface area contributed by atoms with Crippen LogP contribution in [0.15, 0.2) is 29.9 Å². The minimum absolute atomic E-state index is 0.202. The second-order valence-corrected chi connectivity index (χ2v) is 4.42. The SMILES string of the molecule is NC(Cc1cncs1)c1cc(F)ccc1F. The molecule has 0 radical (unpaired) electrons. The Kier molecular flexibility index (Phi) is 3.26. The summed E-state index contributed by atoms with van der Waals surface area (Å²) in [6.07, 6.45) is 2.15. The largest absolute Gasteiger partial charge is 0.324 e. The predicted molar refractivity (Wildman–Crippen MR) is 59.1 cm³/mol. The van der Waals surface area contributed by atoms with Crippen LogP contribution in [0.4, 0.5) is 8.78 Å². The molecule has 0 bridgehead atoms. The van der Waals surface area contributed by atoms with Crippen LogP contribution in [0.1, 0.15) is 16.5 Å². The number of benzene rings is 1. The summed E-state index contributed by atoms with van der Waals surface area (Å²) in [5.74, 6) is -0.949. The summed E-state index contributed by atoms with van der Waals surface area (Å²) < 4.78 is 26.3. The monoisotopic (exact) mass is 240 g/mol. The first-order chi connectivity index (χ1) is 7.66. The summed E-state index contributed by atoms with van der Waals surface area (Å²) in [5, 5.41) is 0. The maximum Gasteiger partial charge on any atom is 0.128 e. The lowest BCUT2D eigenvalue weighted by Gasteiger charge is -2.11. The molecule has 1 unspecified atom stereocenters. The van der Waals surface area contributed by atoms with Crippen LogP contribution in [0.25, 0.3) is 0 Å². The number of thiazole rings is 1. The van der Waals surface area contributed by atoms with Crippen LogP contribution in [0.3, 0.4) is 0 Å². The predicted octanol–water partition coefficient (Wildman–Crippen LogP) is 2.66. The standard InChI is InChI=1S/C11H10F2N2S/c12-7-1-2-10(13)9(3-7)11(14)4-8-5-15-6-16-8/h1-3,5-6,11H,4,14H2. The molecule has 2 N–H and O–H groups in total. The fourth-order valence-electron chi connectivity index (χ4n) is 1.47. The first kappa shape index (κ1) is 11.2. The van der Waals surface area contributed by atoms with Gasteiger partial charge < -0.3 is 5.73 Å². The molecule has 0 saturated carbocycles. The molecule has 1 atom stereocenters. The van der Waals surface area contributed by atoms with E-state index >= 15 is 0 Å².